The maximum atomic E-state index is 12.3. The largest absolute Gasteiger partial charge is 0.326 e. The Bertz CT molecular complexity index is 947. The highest BCUT2D eigenvalue weighted by Gasteiger charge is 2.11. The zero-order chi connectivity index (χ0) is 23.1. The molecule has 2 amide bonds. The van der Waals surface area contributed by atoms with E-state index in [-0.39, 0.29) is 11.8 Å². The fraction of sp³-hybridized carbons (Fsp3) is 0.417. The fourth-order valence-electron chi connectivity index (χ4n) is 3.53. The molecule has 2 rings (SSSR count). The lowest BCUT2D eigenvalue weighted by Crippen LogP contribution is -2.32. The molecule has 31 heavy (non-hydrogen) atoms. The Hall–Kier alpha value is -3.06. The van der Waals surface area contributed by atoms with E-state index in [1.165, 1.54) is 6.92 Å². The summed E-state index contributed by atoms with van der Waals surface area (Å²) in [5, 5.41) is 14.8. The fourth-order valence-corrected chi connectivity index (χ4v) is 3.53. The molecule has 2 N–H and O–H groups in total. The van der Waals surface area contributed by atoms with Gasteiger partial charge in [0.1, 0.15) is 0 Å². The Morgan fingerprint density at radius 3 is 1.52 bits per heavy atom. The van der Waals surface area contributed by atoms with Gasteiger partial charge in [0.2, 0.25) is 11.8 Å². The van der Waals surface area contributed by atoms with Crippen molar-refractivity contribution in [2.75, 3.05) is 30.3 Å². The number of carbonyl (C=O) groups is 2. The predicted molar refractivity (Wildman–Crippen MR) is 127 cm³/mol. The number of aryl methyl sites for hydroxylation is 4. The molecule has 0 saturated heterocycles. The number of benzene rings is 2. The minimum absolute atomic E-state index is 0.0256. The highest BCUT2D eigenvalue weighted by molar-refractivity contribution is 5.92. The lowest BCUT2D eigenvalue weighted by Gasteiger charge is -2.17. The van der Waals surface area contributed by atoms with Crippen molar-refractivity contribution in [3.63, 3.8) is 0 Å². The van der Waals surface area contributed by atoms with Crippen LogP contribution in [0.4, 0.5) is 22.7 Å². The van der Waals surface area contributed by atoms with Gasteiger partial charge in [0.25, 0.3) is 0 Å². The molecule has 166 valence electrons. The first-order valence-electron chi connectivity index (χ1n) is 10.6. The molecule has 0 atom stereocenters. The summed E-state index contributed by atoms with van der Waals surface area (Å²) < 4.78 is 0. The number of hydrogen-bond acceptors (Lipinski definition) is 5. The van der Waals surface area contributed by atoms with E-state index in [0.717, 1.165) is 58.1 Å². The molecule has 0 aliphatic carbocycles. The number of carbonyl (C=O) groups excluding carboxylic acids is 2. The van der Waals surface area contributed by atoms with Crippen molar-refractivity contribution in [3.05, 3.63) is 46.5 Å². The number of amides is 2. The Balaban J connectivity index is 2.22. The van der Waals surface area contributed by atoms with Crippen LogP contribution in [-0.4, -0.2) is 36.3 Å². The number of rotatable bonds is 8. The van der Waals surface area contributed by atoms with Gasteiger partial charge in [-0.15, -0.1) is 10.2 Å². The minimum Gasteiger partial charge on any atom is -0.326 e. The summed E-state index contributed by atoms with van der Waals surface area (Å²) in [5.74, 6) is -0.133. The average Bonchev–Trinajstić information content (AvgIpc) is 2.66. The van der Waals surface area contributed by atoms with Crippen LogP contribution in [0.2, 0.25) is 0 Å². The van der Waals surface area contributed by atoms with Crippen molar-refractivity contribution in [2.45, 2.75) is 48.5 Å². The van der Waals surface area contributed by atoms with Crippen LogP contribution in [0.25, 0.3) is 0 Å². The molecule has 0 bridgehead atoms. The quantitative estimate of drug-likeness (QED) is 0.544. The minimum atomic E-state index is -0.108. The van der Waals surface area contributed by atoms with Gasteiger partial charge in [0, 0.05) is 18.3 Å². The second-order valence-electron chi connectivity index (χ2n) is 7.81. The summed E-state index contributed by atoms with van der Waals surface area (Å²) in [5.41, 5.74) is 6.82. The molecule has 0 aromatic heterocycles. The van der Waals surface area contributed by atoms with Crippen LogP contribution in [0.5, 0.6) is 0 Å². The molecule has 0 fully saturated rings. The van der Waals surface area contributed by atoms with E-state index < -0.39 is 0 Å². The van der Waals surface area contributed by atoms with Crippen molar-refractivity contribution >= 4 is 34.6 Å². The number of nitrogens with zero attached hydrogens (tertiary/aromatic N) is 3. The molecule has 0 unspecified atom stereocenters. The van der Waals surface area contributed by atoms with Gasteiger partial charge >= 0.3 is 0 Å². The second kappa shape index (κ2) is 10.8. The third-order valence-electron chi connectivity index (χ3n) is 5.10. The van der Waals surface area contributed by atoms with Crippen molar-refractivity contribution < 1.29 is 9.59 Å². The zero-order valence-corrected chi connectivity index (χ0v) is 19.6. The molecule has 0 aliphatic rings. The van der Waals surface area contributed by atoms with Crippen LogP contribution in [0.1, 0.15) is 43.0 Å². The summed E-state index contributed by atoms with van der Waals surface area (Å²) >= 11 is 0. The molecule has 0 aliphatic heterocycles. The molecule has 2 aromatic rings. The molecule has 0 spiro atoms. The van der Waals surface area contributed by atoms with Crippen LogP contribution < -0.4 is 10.6 Å². The highest BCUT2D eigenvalue weighted by atomic mass is 16.2. The first-order chi connectivity index (χ1) is 14.6. The lowest BCUT2D eigenvalue weighted by atomic mass is 10.1. The summed E-state index contributed by atoms with van der Waals surface area (Å²) in [4.78, 5) is 25.7. The van der Waals surface area contributed by atoms with Gasteiger partial charge in [-0.2, -0.15) is 0 Å². The first-order valence-corrected chi connectivity index (χ1v) is 10.6. The predicted octanol–water partition coefficient (Wildman–Crippen LogP) is 5.57. The molecule has 0 radical (unpaired) electrons. The van der Waals surface area contributed by atoms with E-state index in [2.05, 4.69) is 25.8 Å². The van der Waals surface area contributed by atoms with Gasteiger partial charge in [-0.3, -0.25) is 14.5 Å². The standard InChI is InChI=1S/C24H33N5O2/c1-8-29(9-2)14-22(31)26-21-12-17(5)24(18(6)13-21)28-27-23-15(3)10-20(11-16(23)4)25-19(7)30/h10-13H,8-9,14H2,1-7H3,(H,25,30)(H,26,31). The van der Waals surface area contributed by atoms with Gasteiger partial charge in [0.05, 0.1) is 17.9 Å². The van der Waals surface area contributed by atoms with E-state index in [1.807, 2.05) is 65.8 Å². The normalized spacial score (nSPS) is 11.2. The van der Waals surface area contributed by atoms with E-state index in [0.29, 0.717) is 6.54 Å². The number of hydrogen-bond donors (Lipinski definition) is 2. The van der Waals surface area contributed by atoms with Crippen LogP contribution in [0.3, 0.4) is 0 Å². The summed E-state index contributed by atoms with van der Waals surface area (Å²) in [7, 11) is 0. The summed E-state index contributed by atoms with van der Waals surface area (Å²) in [6, 6.07) is 7.61. The average molecular weight is 424 g/mol. The van der Waals surface area contributed by atoms with Crippen LogP contribution in [0.15, 0.2) is 34.5 Å². The van der Waals surface area contributed by atoms with Crippen molar-refractivity contribution in [1.29, 1.82) is 0 Å². The third kappa shape index (κ3) is 6.72. The first kappa shape index (κ1) is 24.2. The topological polar surface area (TPSA) is 86.2 Å². The zero-order valence-electron chi connectivity index (χ0n) is 19.6. The molecule has 7 heteroatoms. The SMILES string of the molecule is CCN(CC)CC(=O)Nc1cc(C)c(N=Nc2c(C)cc(NC(C)=O)cc2C)c(C)c1. The van der Waals surface area contributed by atoms with Crippen molar-refractivity contribution in [2.24, 2.45) is 10.2 Å². The summed E-state index contributed by atoms with van der Waals surface area (Å²) in [6.07, 6.45) is 0. The lowest BCUT2D eigenvalue weighted by molar-refractivity contribution is -0.117. The van der Waals surface area contributed by atoms with Gasteiger partial charge in [-0.05, 0) is 87.3 Å². The van der Waals surface area contributed by atoms with E-state index in [4.69, 9.17) is 0 Å². The van der Waals surface area contributed by atoms with Crippen LogP contribution in [0, 0.1) is 27.7 Å². The monoisotopic (exact) mass is 423 g/mol. The summed E-state index contributed by atoms with van der Waals surface area (Å²) in [6.45, 7) is 15.4. The van der Waals surface area contributed by atoms with Crippen molar-refractivity contribution in [1.82, 2.24) is 4.90 Å². The van der Waals surface area contributed by atoms with E-state index in [9.17, 15) is 9.59 Å². The van der Waals surface area contributed by atoms with Crippen molar-refractivity contribution in [3.8, 4) is 0 Å². The van der Waals surface area contributed by atoms with Crippen LogP contribution >= 0.6 is 0 Å². The second-order valence-corrected chi connectivity index (χ2v) is 7.81. The number of nitrogens with one attached hydrogen (secondary N) is 2. The van der Waals surface area contributed by atoms with Gasteiger partial charge in [0.15, 0.2) is 0 Å². The third-order valence-corrected chi connectivity index (χ3v) is 5.10. The Labute approximate surface area is 184 Å². The van der Waals surface area contributed by atoms with Gasteiger partial charge < -0.3 is 10.6 Å². The molecular formula is C24H33N5O2. The highest BCUT2D eigenvalue weighted by Crippen LogP contribution is 2.32. The maximum absolute atomic E-state index is 12.3. The molecule has 7 nitrogen and oxygen atoms in total. The van der Waals surface area contributed by atoms with Gasteiger partial charge in [-0.1, -0.05) is 13.8 Å². The number of likely N-dealkylation sites (N-methyl/N-ethyl adjacent to an activating group) is 1. The molecular weight excluding hydrogens is 390 g/mol. The number of anilines is 2. The smallest absolute Gasteiger partial charge is 0.238 e. The van der Waals surface area contributed by atoms with E-state index in [1.54, 1.807) is 0 Å². The Morgan fingerprint density at radius 2 is 1.16 bits per heavy atom. The Morgan fingerprint density at radius 1 is 0.774 bits per heavy atom. The number of azo groups is 1. The Kier molecular flexibility index (Phi) is 8.45. The van der Waals surface area contributed by atoms with Crippen LogP contribution in [-0.2, 0) is 9.59 Å². The van der Waals surface area contributed by atoms with E-state index >= 15 is 0 Å². The molecule has 0 saturated carbocycles. The van der Waals surface area contributed by atoms with Gasteiger partial charge in [-0.25, -0.2) is 0 Å². The molecule has 2 aromatic carbocycles. The maximum Gasteiger partial charge on any atom is 0.238 e. The molecule has 0 heterocycles.